The zero-order valence-electron chi connectivity index (χ0n) is 50.1. The van der Waals surface area contributed by atoms with Gasteiger partial charge in [-0.3, -0.25) is 9.59 Å². The van der Waals surface area contributed by atoms with E-state index in [2.05, 4.69) is 43.5 Å². The van der Waals surface area contributed by atoms with Crippen LogP contribution < -0.4 is 5.32 Å². The van der Waals surface area contributed by atoms with E-state index in [9.17, 15) is 19.8 Å². The van der Waals surface area contributed by atoms with Crippen molar-refractivity contribution in [1.82, 2.24) is 5.32 Å². The van der Waals surface area contributed by atoms with Crippen molar-refractivity contribution < 1.29 is 24.5 Å². The molecule has 0 aliphatic heterocycles. The molecule has 0 aliphatic rings. The molecule has 6 heteroatoms. The largest absolute Gasteiger partial charge is 0.466 e. The Morgan fingerprint density at radius 3 is 0.959 bits per heavy atom. The molecule has 0 bridgehead atoms. The molecular weight excluding hydrogens is 911 g/mol. The number of amides is 1. The second-order valence-electron chi connectivity index (χ2n) is 23.1. The van der Waals surface area contributed by atoms with Crippen LogP contribution in [-0.4, -0.2) is 47.4 Å². The predicted octanol–water partition coefficient (Wildman–Crippen LogP) is 21.4. The Balaban J connectivity index is 3.34. The normalized spacial score (nSPS) is 12.6. The first-order valence-electron chi connectivity index (χ1n) is 33.6. The van der Waals surface area contributed by atoms with Gasteiger partial charge >= 0.3 is 5.97 Å². The number of nitrogens with one attached hydrogen (secondary N) is 1. The minimum absolute atomic E-state index is 0.00948. The van der Waals surface area contributed by atoms with Crippen molar-refractivity contribution in [3.8, 4) is 0 Å². The third-order valence-electron chi connectivity index (χ3n) is 15.7. The summed E-state index contributed by atoms with van der Waals surface area (Å²) < 4.78 is 5.48. The molecule has 0 aromatic heterocycles. The average molecular weight is 1040 g/mol. The number of carbonyl (C=O) groups is 2. The predicted molar refractivity (Wildman–Crippen MR) is 324 cm³/mol. The van der Waals surface area contributed by atoms with Crippen LogP contribution in [0.25, 0.3) is 0 Å². The Morgan fingerprint density at radius 2 is 0.635 bits per heavy atom. The number of carbonyl (C=O) groups excluding carboxylic acids is 2. The molecular formula is C68H131NO5. The molecule has 1 amide bonds. The van der Waals surface area contributed by atoms with Gasteiger partial charge in [-0.15, -0.1) is 0 Å². The Bertz CT molecular complexity index is 1150. The van der Waals surface area contributed by atoms with E-state index in [1.54, 1.807) is 0 Å². The molecule has 0 rings (SSSR count). The fourth-order valence-electron chi connectivity index (χ4n) is 10.6. The lowest BCUT2D eigenvalue weighted by molar-refractivity contribution is -0.143. The smallest absolute Gasteiger partial charge is 0.305 e. The molecule has 0 aromatic rings. The molecule has 0 aliphatic carbocycles. The monoisotopic (exact) mass is 1040 g/mol. The number of unbranched alkanes of at least 4 members (excludes halogenated alkanes) is 48. The number of allylic oxidation sites excluding steroid dienone is 4. The zero-order chi connectivity index (χ0) is 53.6. The molecule has 0 spiro atoms. The molecule has 0 heterocycles. The van der Waals surface area contributed by atoms with Crippen molar-refractivity contribution in [1.29, 1.82) is 0 Å². The van der Waals surface area contributed by atoms with Gasteiger partial charge in [0, 0.05) is 12.8 Å². The Kier molecular flexibility index (Phi) is 62.4. The fraction of sp³-hybridized carbons (Fsp3) is 0.912. The maximum absolute atomic E-state index is 12.5. The summed E-state index contributed by atoms with van der Waals surface area (Å²) in [6, 6.07) is -0.538. The number of rotatable bonds is 63. The summed E-state index contributed by atoms with van der Waals surface area (Å²) >= 11 is 0. The van der Waals surface area contributed by atoms with Crippen LogP contribution in [0.1, 0.15) is 373 Å². The fourth-order valence-corrected chi connectivity index (χ4v) is 10.6. The van der Waals surface area contributed by atoms with Crippen molar-refractivity contribution in [2.75, 3.05) is 13.2 Å². The van der Waals surface area contributed by atoms with E-state index in [-0.39, 0.29) is 18.5 Å². The van der Waals surface area contributed by atoms with Gasteiger partial charge in [0.2, 0.25) is 5.91 Å². The molecule has 0 aromatic carbocycles. The van der Waals surface area contributed by atoms with Crippen LogP contribution in [-0.2, 0) is 14.3 Å². The maximum Gasteiger partial charge on any atom is 0.305 e. The van der Waals surface area contributed by atoms with Gasteiger partial charge in [0.05, 0.1) is 25.4 Å². The van der Waals surface area contributed by atoms with E-state index in [1.807, 2.05) is 0 Å². The molecule has 0 radical (unpaired) electrons. The third kappa shape index (κ3) is 59.6. The lowest BCUT2D eigenvalue weighted by atomic mass is 10.0. The van der Waals surface area contributed by atoms with Crippen LogP contribution >= 0.6 is 0 Å². The van der Waals surface area contributed by atoms with Gasteiger partial charge < -0.3 is 20.3 Å². The number of aliphatic hydroxyl groups is 2. The molecule has 6 nitrogen and oxygen atoms in total. The Hall–Kier alpha value is -1.66. The standard InChI is InChI=1S/C68H131NO5/c1-3-5-7-9-11-13-15-17-38-42-46-50-54-58-62-68(73)74-63-59-55-51-47-43-39-36-34-32-30-28-26-24-22-20-18-19-21-23-25-27-29-31-33-35-37-41-45-49-53-57-61-67(72)69-65(64-70)66(71)60-56-52-48-44-40-16-14-12-10-8-6-4-2/h15,17,20,22,65-66,70-71H,3-14,16,18-19,21,23-64H2,1-2H3,(H,69,72)/b17-15-,22-20-. The topological polar surface area (TPSA) is 95.9 Å². The first kappa shape index (κ1) is 72.3. The minimum atomic E-state index is -0.661. The quantitative estimate of drug-likeness (QED) is 0.0320. The van der Waals surface area contributed by atoms with Crippen LogP contribution in [0.15, 0.2) is 24.3 Å². The van der Waals surface area contributed by atoms with E-state index in [1.165, 1.54) is 295 Å². The highest BCUT2D eigenvalue weighted by atomic mass is 16.5. The van der Waals surface area contributed by atoms with Gasteiger partial charge in [-0.2, -0.15) is 0 Å². The zero-order valence-corrected chi connectivity index (χ0v) is 50.1. The van der Waals surface area contributed by atoms with Crippen molar-refractivity contribution in [3.63, 3.8) is 0 Å². The van der Waals surface area contributed by atoms with E-state index < -0.39 is 12.1 Å². The van der Waals surface area contributed by atoms with Gasteiger partial charge in [-0.05, 0) is 77.0 Å². The molecule has 0 fully saturated rings. The van der Waals surface area contributed by atoms with Crippen molar-refractivity contribution in [2.24, 2.45) is 0 Å². The molecule has 0 saturated carbocycles. The molecule has 3 N–H and O–H groups in total. The lowest BCUT2D eigenvalue weighted by Crippen LogP contribution is -2.45. The summed E-state index contributed by atoms with van der Waals surface area (Å²) in [4.78, 5) is 24.5. The first-order chi connectivity index (χ1) is 36.5. The summed E-state index contributed by atoms with van der Waals surface area (Å²) in [6.07, 6.45) is 79.4. The van der Waals surface area contributed by atoms with Gasteiger partial charge in [0.25, 0.3) is 0 Å². The second-order valence-corrected chi connectivity index (χ2v) is 23.1. The van der Waals surface area contributed by atoms with Crippen molar-refractivity contribution in [3.05, 3.63) is 24.3 Å². The summed E-state index contributed by atoms with van der Waals surface area (Å²) in [6.45, 7) is 4.96. The Morgan fingerprint density at radius 1 is 0.365 bits per heavy atom. The SMILES string of the molecule is CCCCCCC/C=C\CCCCCCCC(=O)OCCCCCCCCCCCCCC/C=C\CCCCCCCCCCCCCCCCCC(=O)NC(CO)C(O)CCCCCCCCCCCCCC. The van der Waals surface area contributed by atoms with Crippen LogP contribution in [0.5, 0.6) is 0 Å². The van der Waals surface area contributed by atoms with Crippen molar-refractivity contribution in [2.45, 2.75) is 386 Å². The average Bonchev–Trinajstić information content (AvgIpc) is 3.40. The highest BCUT2D eigenvalue weighted by Crippen LogP contribution is 2.18. The van der Waals surface area contributed by atoms with Crippen molar-refractivity contribution >= 4 is 11.9 Å². The van der Waals surface area contributed by atoms with Gasteiger partial charge in [0.15, 0.2) is 0 Å². The van der Waals surface area contributed by atoms with Crippen LogP contribution in [0.3, 0.4) is 0 Å². The molecule has 0 saturated heterocycles. The number of hydrogen-bond donors (Lipinski definition) is 3. The van der Waals surface area contributed by atoms with Gasteiger partial charge in [-0.25, -0.2) is 0 Å². The van der Waals surface area contributed by atoms with Crippen LogP contribution in [0, 0.1) is 0 Å². The number of esters is 1. The number of ether oxygens (including phenoxy) is 1. The van der Waals surface area contributed by atoms with Gasteiger partial charge in [-0.1, -0.05) is 308 Å². The lowest BCUT2D eigenvalue weighted by Gasteiger charge is -2.22. The molecule has 2 atom stereocenters. The van der Waals surface area contributed by atoms with Crippen LogP contribution in [0.4, 0.5) is 0 Å². The third-order valence-corrected chi connectivity index (χ3v) is 15.7. The summed E-state index contributed by atoms with van der Waals surface area (Å²) in [5, 5.41) is 23.2. The molecule has 438 valence electrons. The van der Waals surface area contributed by atoms with Gasteiger partial charge in [0.1, 0.15) is 0 Å². The van der Waals surface area contributed by atoms with E-state index in [0.717, 1.165) is 44.9 Å². The van der Waals surface area contributed by atoms with E-state index in [0.29, 0.717) is 25.9 Å². The highest BCUT2D eigenvalue weighted by Gasteiger charge is 2.20. The molecule has 2 unspecified atom stereocenters. The van der Waals surface area contributed by atoms with Crippen LogP contribution in [0.2, 0.25) is 0 Å². The van der Waals surface area contributed by atoms with E-state index >= 15 is 0 Å². The molecule has 74 heavy (non-hydrogen) atoms. The highest BCUT2D eigenvalue weighted by molar-refractivity contribution is 5.76. The summed E-state index contributed by atoms with van der Waals surface area (Å²) in [5.41, 5.74) is 0. The Labute approximate surface area is 462 Å². The number of aliphatic hydroxyl groups excluding tert-OH is 2. The number of hydrogen-bond acceptors (Lipinski definition) is 5. The summed E-state index contributed by atoms with van der Waals surface area (Å²) in [5.74, 6) is -0.0222. The maximum atomic E-state index is 12.5. The van der Waals surface area contributed by atoms with E-state index in [4.69, 9.17) is 4.74 Å². The second kappa shape index (κ2) is 63.9. The first-order valence-corrected chi connectivity index (χ1v) is 33.6. The minimum Gasteiger partial charge on any atom is -0.466 e. The summed E-state index contributed by atoms with van der Waals surface area (Å²) in [7, 11) is 0.